The fourth-order valence-corrected chi connectivity index (χ4v) is 2.96. The number of carbonyl (C=O) groups is 5. The molecule has 0 aliphatic heterocycles. The number of hydrogen-bond acceptors (Lipinski definition) is 8. The zero-order valence-electron chi connectivity index (χ0n) is 17.8. The zero-order chi connectivity index (χ0) is 24.0. The Kier molecular flexibility index (Phi) is 14.2. The number of unbranched alkanes of at least 4 members (excludes halogenated alkanes) is 1. The van der Waals surface area contributed by atoms with Gasteiger partial charge in [0.25, 0.3) is 0 Å². The molecule has 3 amide bonds. The fraction of sp³-hybridized carbons (Fsp3) is 0.722. The molecule has 4 unspecified atom stereocenters. The van der Waals surface area contributed by atoms with Gasteiger partial charge in [0.15, 0.2) is 0 Å². The minimum Gasteiger partial charge on any atom is -0.481 e. The van der Waals surface area contributed by atoms with Gasteiger partial charge in [0, 0.05) is 0 Å². The van der Waals surface area contributed by atoms with Crippen LogP contribution < -0.4 is 27.4 Å². The van der Waals surface area contributed by atoms with E-state index in [1.54, 1.807) is 0 Å². The molecule has 0 saturated carbocycles. The third-order valence-electron chi connectivity index (χ3n) is 4.23. The van der Waals surface area contributed by atoms with Crippen molar-refractivity contribution in [2.45, 2.75) is 63.2 Å². The van der Waals surface area contributed by atoms with Crippen molar-refractivity contribution in [3.05, 3.63) is 0 Å². The smallest absolute Gasteiger partial charge is 0.326 e. The van der Waals surface area contributed by atoms with E-state index in [1.807, 2.05) is 6.26 Å². The van der Waals surface area contributed by atoms with E-state index >= 15 is 0 Å². The molecule has 178 valence electrons. The summed E-state index contributed by atoms with van der Waals surface area (Å²) in [6.07, 6.45) is 2.50. The van der Waals surface area contributed by atoms with Crippen LogP contribution in [0.5, 0.6) is 0 Å². The van der Waals surface area contributed by atoms with Gasteiger partial charge in [0.05, 0.1) is 12.5 Å². The van der Waals surface area contributed by atoms with Crippen LogP contribution in [0.25, 0.3) is 0 Å². The molecule has 0 aliphatic carbocycles. The highest BCUT2D eigenvalue weighted by Crippen LogP contribution is 2.06. The number of hydrogen-bond donors (Lipinski definition) is 7. The van der Waals surface area contributed by atoms with Crippen molar-refractivity contribution in [1.29, 1.82) is 0 Å². The number of aliphatic carboxylic acids is 2. The van der Waals surface area contributed by atoms with Crippen LogP contribution in [-0.4, -0.2) is 82.6 Å². The number of carboxylic acid groups (broad SMARTS) is 2. The second-order valence-electron chi connectivity index (χ2n) is 6.97. The lowest BCUT2D eigenvalue weighted by Gasteiger charge is -2.24. The highest BCUT2D eigenvalue weighted by molar-refractivity contribution is 7.98. The monoisotopic (exact) mass is 463 g/mol. The van der Waals surface area contributed by atoms with Gasteiger partial charge >= 0.3 is 11.9 Å². The van der Waals surface area contributed by atoms with Crippen LogP contribution in [0, 0.1) is 0 Å². The highest BCUT2D eigenvalue weighted by Gasteiger charge is 2.30. The van der Waals surface area contributed by atoms with E-state index in [0.717, 1.165) is 0 Å². The number of thioether (sulfide) groups is 1. The topological polar surface area (TPSA) is 214 Å². The normalized spacial score (nSPS) is 14.6. The first-order valence-corrected chi connectivity index (χ1v) is 11.2. The largest absolute Gasteiger partial charge is 0.481 e. The van der Waals surface area contributed by atoms with Crippen LogP contribution >= 0.6 is 11.8 Å². The van der Waals surface area contributed by atoms with Crippen molar-refractivity contribution >= 4 is 41.4 Å². The van der Waals surface area contributed by atoms with Crippen LogP contribution in [-0.2, 0) is 24.0 Å². The van der Waals surface area contributed by atoms with Gasteiger partial charge in [-0.1, -0.05) is 0 Å². The molecule has 9 N–H and O–H groups in total. The van der Waals surface area contributed by atoms with E-state index in [1.165, 1.54) is 18.7 Å². The van der Waals surface area contributed by atoms with Crippen LogP contribution in [0.15, 0.2) is 0 Å². The summed E-state index contributed by atoms with van der Waals surface area (Å²) < 4.78 is 0. The van der Waals surface area contributed by atoms with Crippen LogP contribution in [0.3, 0.4) is 0 Å². The second-order valence-corrected chi connectivity index (χ2v) is 7.96. The van der Waals surface area contributed by atoms with Crippen molar-refractivity contribution in [2.75, 3.05) is 18.6 Å². The molecule has 12 nitrogen and oxygen atoms in total. The summed E-state index contributed by atoms with van der Waals surface area (Å²) in [6.45, 7) is 1.83. The van der Waals surface area contributed by atoms with E-state index in [-0.39, 0.29) is 6.42 Å². The number of carbonyl (C=O) groups excluding carboxylic acids is 3. The summed E-state index contributed by atoms with van der Waals surface area (Å²) in [5, 5.41) is 25.2. The average molecular weight is 464 g/mol. The number of nitrogens with one attached hydrogen (secondary N) is 3. The molecule has 0 heterocycles. The molecule has 0 aliphatic rings. The molecule has 0 rings (SSSR count). The van der Waals surface area contributed by atoms with Crippen molar-refractivity contribution in [1.82, 2.24) is 16.0 Å². The first kappa shape index (κ1) is 28.6. The maximum atomic E-state index is 12.8. The van der Waals surface area contributed by atoms with Crippen molar-refractivity contribution < 1.29 is 34.2 Å². The molecule has 0 fully saturated rings. The summed E-state index contributed by atoms with van der Waals surface area (Å²) in [6, 6.07) is -4.55. The second kappa shape index (κ2) is 15.4. The highest BCUT2D eigenvalue weighted by atomic mass is 32.2. The minimum atomic E-state index is -1.65. The lowest BCUT2D eigenvalue weighted by molar-refractivity contribution is -0.147. The van der Waals surface area contributed by atoms with E-state index in [9.17, 15) is 24.0 Å². The Morgan fingerprint density at radius 1 is 0.871 bits per heavy atom. The van der Waals surface area contributed by atoms with Crippen molar-refractivity contribution in [3.8, 4) is 0 Å². The van der Waals surface area contributed by atoms with Gasteiger partial charge in [-0.3, -0.25) is 19.2 Å². The molecule has 0 bridgehead atoms. The Morgan fingerprint density at radius 3 is 1.84 bits per heavy atom. The number of rotatable bonds is 16. The Labute approximate surface area is 185 Å². The van der Waals surface area contributed by atoms with Crippen LogP contribution in [0.4, 0.5) is 0 Å². The zero-order valence-corrected chi connectivity index (χ0v) is 18.6. The van der Waals surface area contributed by atoms with Crippen molar-refractivity contribution in [2.24, 2.45) is 11.5 Å². The Hall–Kier alpha value is -2.38. The predicted molar refractivity (Wildman–Crippen MR) is 115 cm³/mol. The van der Waals surface area contributed by atoms with Gasteiger partial charge in [-0.05, 0) is 51.2 Å². The van der Waals surface area contributed by atoms with Gasteiger partial charge in [0.1, 0.15) is 18.1 Å². The maximum absolute atomic E-state index is 12.8. The number of nitrogens with two attached hydrogens (primary N) is 2. The summed E-state index contributed by atoms with van der Waals surface area (Å²) in [4.78, 5) is 59.4. The summed E-state index contributed by atoms with van der Waals surface area (Å²) in [5.74, 6) is -4.34. The van der Waals surface area contributed by atoms with Gasteiger partial charge < -0.3 is 37.6 Å². The Balaban J connectivity index is 5.39. The number of amides is 3. The molecular formula is C18H33N5O7S. The first-order valence-electron chi connectivity index (χ1n) is 9.83. The van der Waals surface area contributed by atoms with Gasteiger partial charge in [-0.2, -0.15) is 11.8 Å². The third kappa shape index (κ3) is 12.2. The molecule has 0 aromatic heterocycles. The molecule has 0 aromatic rings. The standard InChI is InChI=1S/C18H33N5O7S/c1-10(20)15(26)21-12(6-8-31-2)17(28)22-11(5-3-4-7-19)16(27)23-13(18(29)30)9-14(24)25/h10-13H,3-9,19-20H2,1-2H3,(H,21,26)(H,22,28)(H,23,27)(H,24,25)(H,29,30). The maximum Gasteiger partial charge on any atom is 0.326 e. The molecule has 0 radical (unpaired) electrons. The lowest BCUT2D eigenvalue weighted by Crippen LogP contribution is -2.57. The van der Waals surface area contributed by atoms with Crippen LogP contribution in [0.1, 0.15) is 39.0 Å². The molecule has 13 heteroatoms. The van der Waals surface area contributed by atoms with Crippen molar-refractivity contribution in [3.63, 3.8) is 0 Å². The summed E-state index contributed by atoms with van der Waals surface area (Å²) in [5.41, 5.74) is 11.0. The Bertz CT molecular complexity index is 632. The first-order chi connectivity index (χ1) is 14.5. The number of carboxylic acids is 2. The lowest BCUT2D eigenvalue weighted by atomic mass is 10.1. The van der Waals surface area contributed by atoms with Gasteiger partial charge in [0.2, 0.25) is 17.7 Å². The Morgan fingerprint density at radius 2 is 1.39 bits per heavy atom. The predicted octanol–water partition coefficient (Wildman–Crippen LogP) is -1.77. The van der Waals surface area contributed by atoms with E-state index < -0.39 is 60.2 Å². The van der Waals surface area contributed by atoms with Gasteiger partial charge in [-0.15, -0.1) is 0 Å². The van der Waals surface area contributed by atoms with E-state index in [2.05, 4.69) is 16.0 Å². The van der Waals surface area contributed by atoms with E-state index in [0.29, 0.717) is 31.6 Å². The summed E-state index contributed by atoms with van der Waals surface area (Å²) in [7, 11) is 0. The molecular weight excluding hydrogens is 430 g/mol. The summed E-state index contributed by atoms with van der Waals surface area (Å²) >= 11 is 1.47. The molecule has 4 atom stereocenters. The minimum absolute atomic E-state index is 0.157. The molecule has 0 aromatic carbocycles. The van der Waals surface area contributed by atoms with Crippen LogP contribution in [0.2, 0.25) is 0 Å². The molecule has 0 saturated heterocycles. The molecule has 31 heavy (non-hydrogen) atoms. The van der Waals surface area contributed by atoms with E-state index in [4.69, 9.17) is 21.7 Å². The molecule has 0 spiro atoms. The average Bonchev–Trinajstić information content (AvgIpc) is 2.68. The van der Waals surface area contributed by atoms with Gasteiger partial charge in [-0.25, -0.2) is 4.79 Å². The SMILES string of the molecule is CSCCC(NC(=O)C(C)N)C(=O)NC(CCCCN)C(=O)NC(CC(=O)O)C(=O)O. The quantitative estimate of drug-likeness (QED) is 0.128. The fourth-order valence-electron chi connectivity index (χ4n) is 2.49. The third-order valence-corrected chi connectivity index (χ3v) is 4.87.